The van der Waals surface area contributed by atoms with Crippen LogP contribution < -0.4 is 10.2 Å². The van der Waals surface area contributed by atoms with E-state index in [1.165, 1.54) is 0 Å². The van der Waals surface area contributed by atoms with Gasteiger partial charge in [0.05, 0.1) is 18.2 Å². The van der Waals surface area contributed by atoms with Crippen LogP contribution in [-0.2, 0) is 9.53 Å². The number of benzene rings is 2. The van der Waals surface area contributed by atoms with E-state index in [2.05, 4.69) is 10.2 Å². The first-order chi connectivity index (χ1) is 14.2. The van der Waals surface area contributed by atoms with Crippen LogP contribution in [0.25, 0.3) is 6.08 Å². The fraction of sp³-hybridized carbons (Fsp3) is 0.348. The highest BCUT2D eigenvalue weighted by Gasteiger charge is 2.22. The molecule has 1 N–H and O–H groups in total. The number of halogens is 3. The Labute approximate surface area is 174 Å². The van der Waals surface area contributed by atoms with Gasteiger partial charge < -0.3 is 15.0 Å². The van der Waals surface area contributed by atoms with Crippen molar-refractivity contribution in [1.29, 1.82) is 0 Å². The van der Waals surface area contributed by atoms with Gasteiger partial charge in [0.2, 0.25) is 5.91 Å². The van der Waals surface area contributed by atoms with Gasteiger partial charge in [-0.05, 0) is 50.6 Å². The molecule has 0 unspecified atom stereocenters. The minimum absolute atomic E-state index is 0.132. The minimum atomic E-state index is -1.30. The van der Waals surface area contributed by atoms with Gasteiger partial charge in [-0.25, -0.2) is 13.2 Å². The largest absolute Gasteiger partial charge is 0.372 e. The molecule has 2 aromatic rings. The number of morpholine rings is 1. The Morgan fingerprint density at radius 2 is 1.87 bits per heavy atom. The molecule has 0 spiro atoms. The molecule has 1 aliphatic rings. The average molecular weight is 418 g/mol. The van der Waals surface area contributed by atoms with E-state index in [0.717, 1.165) is 42.6 Å². The Kier molecular flexibility index (Phi) is 6.82. The molecule has 1 aliphatic heterocycles. The van der Waals surface area contributed by atoms with E-state index in [-0.39, 0.29) is 23.8 Å². The lowest BCUT2D eigenvalue weighted by Gasteiger charge is -2.37. The van der Waals surface area contributed by atoms with E-state index in [1.54, 1.807) is 0 Å². The van der Waals surface area contributed by atoms with E-state index in [9.17, 15) is 18.0 Å². The van der Waals surface area contributed by atoms with Crippen molar-refractivity contribution >= 4 is 17.7 Å². The van der Waals surface area contributed by atoms with Crippen LogP contribution >= 0.6 is 0 Å². The topological polar surface area (TPSA) is 41.6 Å². The van der Waals surface area contributed by atoms with Gasteiger partial charge >= 0.3 is 0 Å². The zero-order chi connectivity index (χ0) is 21.8. The maximum Gasteiger partial charge on any atom is 0.244 e. The molecule has 1 heterocycles. The first-order valence-electron chi connectivity index (χ1n) is 9.86. The molecule has 3 rings (SSSR count). The third-order valence-corrected chi connectivity index (χ3v) is 4.95. The van der Waals surface area contributed by atoms with Crippen LogP contribution in [0.2, 0.25) is 0 Å². The van der Waals surface area contributed by atoms with Crippen molar-refractivity contribution in [3.8, 4) is 0 Å². The zero-order valence-corrected chi connectivity index (χ0v) is 17.2. The van der Waals surface area contributed by atoms with Gasteiger partial charge in [0, 0.05) is 36.5 Å². The summed E-state index contributed by atoms with van der Waals surface area (Å²) in [5.41, 5.74) is 1.63. The summed E-state index contributed by atoms with van der Waals surface area (Å²) in [7, 11) is 0. The molecular weight excluding hydrogens is 393 g/mol. The maximum absolute atomic E-state index is 13.7. The fourth-order valence-corrected chi connectivity index (χ4v) is 3.59. The molecule has 0 radical (unpaired) electrons. The van der Waals surface area contributed by atoms with Crippen molar-refractivity contribution in [3.63, 3.8) is 0 Å². The third kappa shape index (κ3) is 5.42. The van der Waals surface area contributed by atoms with Crippen LogP contribution in [0.4, 0.5) is 18.9 Å². The van der Waals surface area contributed by atoms with Crippen molar-refractivity contribution in [2.24, 2.45) is 0 Å². The molecule has 2 aromatic carbocycles. The molecule has 0 saturated carbocycles. The second kappa shape index (κ2) is 9.34. The summed E-state index contributed by atoms with van der Waals surface area (Å²) >= 11 is 0. The number of rotatable bonds is 5. The lowest BCUT2D eigenvalue weighted by Crippen LogP contribution is -2.45. The lowest BCUT2D eigenvalue weighted by molar-refractivity contribution is -0.117. The second-order valence-corrected chi connectivity index (χ2v) is 7.61. The van der Waals surface area contributed by atoms with Gasteiger partial charge in [-0.1, -0.05) is 12.1 Å². The second-order valence-electron chi connectivity index (χ2n) is 7.61. The predicted molar refractivity (Wildman–Crippen MR) is 111 cm³/mol. The van der Waals surface area contributed by atoms with Crippen LogP contribution in [0.15, 0.2) is 42.5 Å². The van der Waals surface area contributed by atoms with Gasteiger partial charge in [-0.2, -0.15) is 0 Å². The molecule has 1 amide bonds. The fourth-order valence-electron chi connectivity index (χ4n) is 3.59. The van der Waals surface area contributed by atoms with E-state index in [1.807, 2.05) is 45.0 Å². The molecule has 160 valence electrons. The smallest absolute Gasteiger partial charge is 0.244 e. The molecule has 3 atom stereocenters. The Balaban J connectivity index is 1.67. The van der Waals surface area contributed by atoms with Crippen LogP contribution in [0.3, 0.4) is 0 Å². The van der Waals surface area contributed by atoms with Crippen molar-refractivity contribution in [2.45, 2.75) is 39.0 Å². The number of hydrogen-bond acceptors (Lipinski definition) is 3. The Morgan fingerprint density at radius 1 is 1.17 bits per heavy atom. The highest BCUT2D eigenvalue weighted by Crippen LogP contribution is 2.24. The minimum Gasteiger partial charge on any atom is -0.372 e. The summed E-state index contributed by atoms with van der Waals surface area (Å²) in [5.74, 6) is -3.90. The SMILES string of the molecule is C[C@@H]1CN(c2cccc([C@@H](C)NC(=O)/C=C/c3cc(F)cc(F)c3F)c2)C[C@H](C)O1. The number of nitrogens with one attached hydrogen (secondary N) is 1. The molecule has 1 saturated heterocycles. The first kappa shape index (κ1) is 21.9. The van der Waals surface area contributed by atoms with Gasteiger partial charge in [-0.3, -0.25) is 4.79 Å². The molecule has 0 aromatic heterocycles. The highest BCUT2D eigenvalue weighted by molar-refractivity contribution is 5.92. The molecular formula is C23H25F3N2O2. The summed E-state index contributed by atoms with van der Waals surface area (Å²) in [5, 5.41) is 2.78. The number of amides is 1. The monoisotopic (exact) mass is 418 g/mol. The summed E-state index contributed by atoms with van der Waals surface area (Å²) in [4.78, 5) is 14.5. The quantitative estimate of drug-likeness (QED) is 0.570. The molecule has 1 fully saturated rings. The maximum atomic E-state index is 13.7. The van der Waals surface area contributed by atoms with E-state index >= 15 is 0 Å². The van der Waals surface area contributed by atoms with Crippen LogP contribution in [0.1, 0.15) is 37.9 Å². The summed E-state index contributed by atoms with van der Waals surface area (Å²) in [6.07, 6.45) is 2.37. The van der Waals surface area contributed by atoms with Gasteiger partial charge in [0.15, 0.2) is 11.6 Å². The van der Waals surface area contributed by atoms with E-state index in [0.29, 0.717) is 6.07 Å². The third-order valence-electron chi connectivity index (χ3n) is 4.95. The highest BCUT2D eigenvalue weighted by atomic mass is 19.2. The molecule has 30 heavy (non-hydrogen) atoms. The number of carbonyl (C=O) groups is 1. The Bertz CT molecular complexity index is 938. The van der Waals surface area contributed by atoms with E-state index in [4.69, 9.17) is 4.74 Å². The van der Waals surface area contributed by atoms with Crippen LogP contribution in [0, 0.1) is 17.5 Å². The number of nitrogens with zero attached hydrogens (tertiary/aromatic N) is 1. The van der Waals surface area contributed by atoms with Gasteiger partial charge in [0.1, 0.15) is 5.82 Å². The van der Waals surface area contributed by atoms with Crippen LogP contribution in [-0.4, -0.2) is 31.2 Å². The normalized spacial score (nSPS) is 20.4. The Hall–Kier alpha value is -2.80. The number of carbonyl (C=O) groups excluding carboxylic acids is 1. The predicted octanol–water partition coefficient (Wildman–Crippen LogP) is 4.61. The van der Waals surface area contributed by atoms with Crippen molar-refractivity contribution < 1.29 is 22.7 Å². The standard InChI is InChI=1S/C23H25F3N2O2/c1-14-12-28(13-15(2)30-14)20-6-4-5-17(10-20)16(3)27-22(29)8-7-18-9-19(24)11-21(25)23(18)26/h4-11,14-16H,12-13H2,1-3H3,(H,27,29)/b8-7+/t14-,15+,16-/m1/s1. The lowest BCUT2D eigenvalue weighted by atomic mass is 10.1. The molecule has 7 heteroatoms. The van der Waals surface area contributed by atoms with Gasteiger partial charge in [-0.15, -0.1) is 0 Å². The van der Waals surface area contributed by atoms with Crippen LogP contribution in [0.5, 0.6) is 0 Å². The van der Waals surface area contributed by atoms with Crippen molar-refractivity contribution in [2.75, 3.05) is 18.0 Å². The van der Waals surface area contributed by atoms with E-state index < -0.39 is 23.4 Å². The number of hydrogen-bond donors (Lipinski definition) is 1. The summed E-state index contributed by atoms with van der Waals surface area (Å²) in [6, 6.07) is 8.85. The van der Waals surface area contributed by atoms with Crippen molar-refractivity contribution in [3.05, 3.63) is 71.1 Å². The number of anilines is 1. The Morgan fingerprint density at radius 3 is 2.57 bits per heavy atom. The molecule has 0 bridgehead atoms. The number of ether oxygens (including phenoxy) is 1. The first-order valence-corrected chi connectivity index (χ1v) is 9.86. The zero-order valence-electron chi connectivity index (χ0n) is 17.2. The average Bonchev–Trinajstić information content (AvgIpc) is 2.69. The molecule has 4 nitrogen and oxygen atoms in total. The molecule has 0 aliphatic carbocycles. The van der Waals surface area contributed by atoms with Gasteiger partial charge in [0.25, 0.3) is 0 Å². The van der Waals surface area contributed by atoms with Crippen molar-refractivity contribution in [1.82, 2.24) is 5.32 Å². The summed E-state index contributed by atoms with van der Waals surface area (Å²) < 4.78 is 46.0. The summed E-state index contributed by atoms with van der Waals surface area (Å²) in [6.45, 7) is 7.47.